The Hall–Kier alpha value is -2.39. The van der Waals surface area contributed by atoms with Crippen molar-refractivity contribution in [2.75, 3.05) is 0 Å². The monoisotopic (exact) mass is 403 g/mol. The summed E-state index contributed by atoms with van der Waals surface area (Å²) >= 11 is 11.2. The minimum Gasteiger partial charge on any atom is -0.428 e. The molecule has 0 spiro atoms. The lowest BCUT2D eigenvalue weighted by molar-refractivity contribution is -0.253. The largest absolute Gasteiger partial charge is 0.461 e. The van der Waals surface area contributed by atoms with Gasteiger partial charge in [0.05, 0.1) is 5.69 Å². The molecule has 0 unspecified atom stereocenters. The highest BCUT2D eigenvalue weighted by Gasteiger charge is 2.44. The summed E-state index contributed by atoms with van der Waals surface area (Å²) in [7, 11) is 0. The number of halogens is 5. The number of aromatic nitrogens is 3. The van der Waals surface area contributed by atoms with Crippen LogP contribution in [0.3, 0.4) is 0 Å². The average molecular weight is 404 g/mol. The molecule has 136 valence electrons. The van der Waals surface area contributed by atoms with Gasteiger partial charge in [-0.05, 0) is 42.5 Å². The average Bonchev–Trinajstić information content (AvgIpc) is 2.96. The molecule has 0 aliphatic heterocycles. The number of rotatable bonds is 5. The minimum atomic E-state index is -4.60. The molecule has 0 aliphatic carbocycles. The van der Waals surface area contributed by atoms with Crippen LogP contribution in [-0.4, -0.2) is 27.3 Å². The molecule has 2 aromatic carbocycles. The van der Waals surface area contributed by atoms with Gasteiger partial charge in [0.2, 0.25) is 0 Å². The Morgan fingerprint density at radius 1 is 1.15 bits per heavy atom. The molecule has 3 aromatic rings. The van der Waals surface area contributed by atoms with Gasteiger partial charge in [0.1, 0.15) is 5.75 Å². The van der Waals surface area contributed by atoms with Gasteiger partial charge in [0.25, 0.3) is 0 Å². The molecule has 0 atom stereocenters. The Balaban J connectivity index is 2.04. The van der Waals surface area contributed by atoms with Crippen molar-refractivity contribution in [2.24, 2.45) is 0 Å². The molecule has 4 nitrogen and oxygen atoms in total. The fourth-order valence-corrected chi connectivity index (χ4v) is 2.67. The highest BCUT2D eigenvalue weighted by Crippen LogP contribution is 2.31. The molecular weight excluding hydrogens is 394 g/mol. The van der Waals surface area contributed by atoms with Crippen LogP contribution in [0, 0.1) is 4.77 Å². The van der Waals surface area contributed by atoms with Crippen LogP contribution in [0.25, 0.3) is 17.1 Å². The Bertz CT molecular complexity index is 989. The summed E-state index contributed by atoms with van der Waals surface area (Å²) in [4.78, 5) is 0. The van der Waals surface area contributed by atoms with E-state index in [9.17, 15) is 17.6 Å². The second-order valence-corrected chi connectivity index (χ2v) is 5.98. The van der Waals surface area contributed by atoms with Crippen molar-refractivity contribution in [1.29, 1.82) is 0 Å². The third-order valence-corrected chi connectivity index (χ3v) is 3.85. The number of benzene rings is 2. The number of aromatic amines is 1. The van der Waals surface area contributed by atoms with Gasteiger partial charge < -0.3 is 4.74 Å². The minimum absolute atomic E-state index is 0.242. The van der Waals surface area contributed by atoms with Gasteiger partial charge in [-0.15, -0.1) is 0 Å². The van der Waals surface area contributed by atoms with Crippen LogP contribution < -0.4 is 4.74 Å². The van der Waals surface area contributed by atoms with Crippen LogP contribution >= 0.6 is 23.8 Å². The molecule has 0 bridgehead atoms. The first-order chi connectivity index (χ1) is 12.3. The van der Waals surface area contributed by atoms with Gasteiger partial charge in [-0.1, -0.05) is 29.8 Å². The number of nitrogens with zero attached hydrogens (tertiary/aromatic N) is 2. The fourth-order valence-electron chi connectivity index (χ4n) is 2.25. The number of alkyl halides is 4. The maximum Gasteiger partial charge on any atom is 0.461 e. The lowest BCUT2D eigenvalue weighted by atomic mass is 10.2. The van der Waals surface area contributed by atoms with Gasteiger partial charge in [0, 0.05) is 10.6 Å². The molecule has 0 saturated heterocycles. The number of hydrogen-bond donors (Lipinski definition) is 1. The molecule has 0 fully saturated rings. The van der Waals surface area contributed by atoms with Crippen LogP contribution in [0.4, 0.5) is 17.6 Å². The molecule has 0 amide bonds. The van der Waals surface area contributed by atoms with E-state index in [2.05, 4.69) is 14.9 Å². The van der Waals surface area contributed by atoms with E-state index >= 15 is 0 Å². The summed E-state index contributed by atoms with van der Waals surface area (Å²) in [6.45, 7) is 0. The number of ether oxygens (including phenoxy) is 1. The maximum atomic E-state index is 13.1. The third-order valence-electron chi connectivity index (χ3n) is 3.34. The van der Waals surface area contributed by atoms with E-state index < -0.39 is 18.3 Å². The summed E-state index contributed by atoms with van der Waals surface area (Å²) in [6.07, 6.45) is -8.55. The van der Waals surface area contributed by atoms with Gasteiger partial charge in [-0.2, -0.15) is 22.7 Å². The van der Waals surface area contributed by atoms with Crippen molar-refractivity contribution in [3.63, 3.8) is 0 Å². The Morgan fingerprint density at radius 3 is 2.58 bits per heavy atom. The maximum absolute atomic E-state index is 13.1. The van der Waals surface area contributed by atoms with Crippen LogP contribution in [0.15, 0.2) is 48.5 Å². The Labute approximate surface area is 155 Å². The van der Waals surface area contributed by atoms with Gasteiger partial charge in [-0.25, -0.2) is 0 Å². The van der Waals surface area contributed by atoms with E-state index in [1.54, 1.807) is 30.3 Å². The molecule has 1 heterocycles. The zero-order valence-electron chi connectivity index (χ0n) is 12.8. The first kappa shape index (κ1) is 18.4. The molecule has 3 rings (SSSR count). The van der Waals surface area contributed by atoms with E-state index in [1.165, 1.54) is 16.7 Å². The zero-order valence-corrected chi connectivity index (χ0v) is 14.4. The summed E-state index contributed by atoms with van der Waals surface area (Å²) in [5, 5.41) is 7.14. The third kappa shape index (κ3) is 3.73. The standard InChI is InChI=1S/C16H10ClF4N3OS/c17-10-4-2-5-11(8-10)24-13(22-23-15(24)26)9-3-1-6-12(7-9)25-16(20,21)14(18)19/h1-8,14H,(H,23,26). The number of hydrogen-bond acceptors (Lipinski definition) is 3. The second kappa shape index (κ2) is 7.08. The van der Waals surface area contributed by atoms with E-state index in [0.29, 0.717) is 16.3 Å². The van der Waals surface area contributed by atoms with Crippen LogP contribution in [-0.2, 0) is 0 Å². The SMILES string of the molecule is FC(F)C(F)(F)Oc1cccc(-c2n[nH]c(=S)n2-c2cccc(Cl)c2)c1. The second-order valence-electron chi connectivity index (χ2n) is 5.16. The summed E-state index contributed by atoms with van der Waals surface area (Å²) in [5.41, 5.74) is 0.926. The molecule has 0 aliphatic rings. The van der Waals surface area contributed by atoms with Gasteiger partial charge >= 0.3 is 12.5 Å². The fraction of sp³-hybridized carbons (Fsp3) is 0.125. The molecule has 10 heteroatoms. The number of nitrogens with one attached hydrogen (secondary N) is 1. The summed E-state index contributed by atoms with van der Waals surface area (Å²) < 4.78 is 56.8. The van der Waals surface area contributed by atoms with Gasteiger partial charge in [-0.3, -0.25) is 9.67 Å². The van der Waals surface area contributed by atoms with Crippen molar-refractivity contribution in [2.45, 2.75) is 12.5 Å². The Morgan fingerprint density at radius 2 is 1.88 bits per heavy atom. The van der Waals surface area contributed by atoms with Crippen molar-refractivity contribution in [1.82, 2.24) is 14.8 Å². The molecular formula is C16H10ClF4N3OS. The smallest absolute Gasteiger partial charge is 0.428 e. The molecule has 0 radical (unpaired) electrons. The van der Waals surface area contributed by atoms with Crippen molar-refractivity contribution < 1.29 is 22.3 Å². The predicted molar refractivity (Wildman–Crippen MR) is 90.8 cm³/mol. The highest BCUT2D eigenvalue weighted by molar-refractivity contribution is 7.71. The molecule has 1 N–H and O–H groups in total. The van der Waals surface area contributed by atoms with Crippen LogP contribution in [0.1, 0.15) is 0 Å². The highest BCUT2D eigenvalue weighted by atomic mass is 35.5. The van der Waals surface area contributed by atoms with E-state index in [0.717, 1.165) is 6.07 Å². The van der Waals surface area contributed by atoms with E-state index in [4.69, 9.17) is 23.8 Å². The molecule has 1 aromatic heterocycles. The normalized spacial score (nSPS) is 11.8. The van der Waals surface area contributed by atoms with Gasteiger partial charge in [0.15, 0.2) is 10.6 Å². The summed E-state index contributed by atoms with van der Waals surface area (Å²) in [5.74, 6) is -0.151. The van der Waals surface area contributed by atoms with E-state index in [1.807, 2.05) is 0 Å². The topological polar surface area (TPSA) is 42.8 Å². The van der Waals surface area contributed by atoms with Crippen molar-refractivity contribution >= 4 is 23.8 Å². The van der Waals surface area contributed by atoms with Crippen molar-refractivity contribution in [3.05, 3.63) is 58.3 Å². The first-order valence-electron chi connectivity index (χ1n) is 7.17. The summed E-state index contributed by atoms with van der Waals surface area (Å²) in [6, 6.07) is 12.0. The predicted octanol–water partition coefficient (Wildman–Crippen LogP) is 5.49. The van der Waals surface area contributed by atoms with E-state index in [-0.39, 0.29) is 10.6 Å². The van der Waals surface area contributed by atoms with Crippen molar-refractivity contribution in [3.8, 4) is 22.8 Å². The van der Waals surface area contributed by atoms with Crippen LogP contribution in [0.5, 0.6) is 5.75 Å². The quantitative estimate of drug-likeness (QED) is 0.452. The Kier molecular flexibility index (Phi) is 5.01. The lowest BCUT2D eigenvalue weighted by Crippen LogP contribution is -2.33. The first-order valence-corrected chi connectivity index (χ1v) is 7.95. The molecule has 26 heavy (non-hydrogen) atoms. The molecule has 0 saturated carbocycles. The van der Waals surface area contributed by atoms with Crippen LogP contribution in [0.2, 0.25) is 5.02 Å². The number of H-pyrrole nitrogens is 1. The lowest BCUT2D eigenvalue weighted by Gasteiger charge is -2.17. The zero-order chi connectivity index (χ0) is 18.9.